The second-order valence-corrected chi connectivity index (χ2v) is 4.45. The predicted molar refractivity (Wildman–Crippen MR) is 72.0 cm³/mol. The van der Waals surface area contributed by atoms with Crippen molar-refractivity contribution in [2.75, 3.05) is 33.3 Å². The topological polar surface area (TPSA) is 24.5 Å². The van der Waals surface area contributed by atoms with Crippen LogP contribution in [-0.4, -0.2) is 50.3 Å². The molecule has 2 rings (SSSR count). The average molecular weight is 271 g/mol. The number of rotatable bonds is 2. The second-order valence-electron chi connectivity index (χ2n) is 4.45. The first-order valence-corrected chi connectivity index (χ1v) is 5.87. The van der Waals surface area contributed by atoms with Gasteiger partial charge in [0.15, 0.2) is 0 Å². The lowest BCUT2D eigenvalue weighted by atomic mass is 10.00. The fraction of sp³-hybridized carbons (Fsp3) is 1.00. The van der Waals surface area contributed by atoms with Crippen LogP contribution in [0.3, 0.4) is 0 Å². The molecule has 0 bridgehead atoms. The van der Waals surface area contributed by atoms with Gasteiger partial charge in [0.25, 0.3) is 0 Å². The number of methoxy groups -OCH3 is 1. The molecule has 0 aromatic carbocycles. The van der Waals surface area contributed by atoms with Crippen molar-refractivity contribution in [2.24, 2.45) is 0 Å². The maximum absolute atomic E-state index is 5.39. The van der Waals surface area contributed by atoms with E-state index in [2.05, 4.69) is 10.2 Å². The Kier molecular flexibility index (Phi) is 8.78. The van der Waals surface area contributed by atoms with E-state index in [1.54, 1.807) is 0 Å². The molecule has 0 amide bonds. The smallest absolute Gasteiger partial charge is 0.0595 e. The molecule has 2 aliphatic heterocycles. The SMILES string of the molecule is COC1CCN(C2CCNCC2)CC1.Cl.Cl. The highest BCUT2D eigenvalue weighted by atomic mass is 35.5. The van der Waals surface area contributed by atoms with Crippen LogP contribution in [-0.2, 0) is 4.74 Å². The summed E-state index contributed by atoms with van der Waals surface area (Å²) in [5.74, 6) is 0. The van der Waals surface area contributed by atoms with Crippen LogP contribution >= 0.6 is 24.8 Å². The third-order valence-electron chi connectivity index (χ3n) is 3.63. The van der Waals surface area contributed by atoms with Crippen molar-refractivity contribution in [1.29, 1.82) is 0 Å². The minimum Gasteiger partial charge on any atom is -0.381 e. The van der Waals surface area contributed by atoms with E-state index in [0.29, 0.717) is 6.10 Å². The summed E-state index contributed by atoms with van der Waals surface area (Å²) in [6.07, 6.45) is 5.63. The van der Waals surface area contributed by atoms with E-state index in [1.807, 2.05) is 7.11 Å². The molecular weight excluding hydrogens is 247 g/mol. The third-order valence-corrected chi connectivity index (χ3v) is 3.63. The Morgan fingerprint density at radius 3 is 2.06 bits per heavy atom. The number of likely N-dealkylation sites (tertiary alicyclic amines) is 1. The average Bonchev–Trinajstić information content (AvgIpc) is 2.30. The summed E-state index contributed by atoms with van der Waals surface area (Å²) in [5.41, 5.74) is 0. The maximum Gasteiger partial charge on any atom is 0.0595 e. The highest BCUT2D eigenvalue weighted by molar-refractivity contribution is 5.85. The number of ether oxygens (including phenoxy) is 1. The first kappa shape index (κ1) is 16.5. The normalized spacial score (nSPS) is 24.6. The van der Waals surface area contributed by atoms with E-state index >= 15 is 0 Å². The lowest BCUT2D eigenvalue weighted by Gasteiger charge is -2.39. The Balaban J connectivity index is 0.00000112. The Morgan fingerprint density at radius 1 is 1.00 bits per heavy atom. The van der Waals surface area contributed by atoms with Gasteiger partial charge in [-0.3, -0.25) is 0 Å². The van der Waals surface area contributed by atoms with Crippen LogP contribution in [0.4, 0.5) is 0 Å². The van der Waals surface area contributed by atoms with Gasteiger partial charge in [0.1, 0.15) is 0 Å². The lowest BCUT2D eigenvalue weighted by Crippen LogP contribution is -2.47. The van der Waals surface area contributed by atoms with Gasteiger partial charge in [-0.25, -0.2) is 0 Å². The molecular formula is C11H24Cl2N2O. The Labute approximate surface area is 111 Å². The van der Waals surface area contributed by atoms with E-state index in [0.717, 1.165) is 6.04 Å². The highest BCUT2D eigenvalue weighted by Gasteiger charge is 2.25. The summed E-state index contributed by atoms with van der Waals surface area (Å²) >= 11 is 0. The van der Waals surface area contributed by atoms with Crippen LogP contribution in [0.1, 0.15) is 25.7 Å². The van der Waals surface area contributed by atoms with E-state index in [9.17, 15) is 0 Å². The molecule has 0 unspecified atom stereocenters. The monoisotopic (exact) mass is 270 g/mol. The number of nitrogens with zero attached hydrogens (tertiary/aromatic N) is 1. The standard InChI is InChI=1S/C11H22N2O.2ClH/c1-14-11-4-8-13(9-5-11)10-2-6-12-7-3-10;;/h10-12H,2-9H2,1H3;2*1H. The molecule has 2 fully saturated rings. The maximum atomic E-state index is 5.39. The van der Waals surface area contributed by atoms with E-state index in [1.165, 1.54) is 51.9 Å². The lowest BCUT2D eigenvalue weighted by molar-refractivity contribution is 0.0222. The third kappa shape index (κ3) is 4.38. The number of halogens is 2. The van der Waals surface area contributed by atoms with Crippen LogP contribution < -0.4 is 5.32 Å². The number of piperidine rings is 2. The van der Waals surface area contributed by atoms with Crippen LogP contribution in [0.5, 0.6) is 0 Å². The van der Waals surface area contributed by atoms with Crippen LogP contribution in [0, 0.1) is 0 Å². The molecule has 0 saturated carbocycles. The van der Waals surface area contributed by atoms with Crippen LogP contribution in [0.25, 0.3) is 0 Å². The minimum absolute atomic E-state index is 0. The molecule has 0 radical (unpaired) electrons. The molecule has 5 heteroatoms. The quantitative estimate of drug-likeness (QED) is 0.827. The Morgan fingerprint density at radius 2 is 1.56 bits per heavy atom. The summed E-state index contributed by atoms with van der Waals surface area (Å²) in [6.45, 7) is 4.89. The highest BCUT2D eigenvalue weighted by Crippen LogP contribution is 2.19. The molecule has 1 N–H and O–H groups in total. The number of nitrogens with one attached hydrogen (secondary N) is 1. The molecule has 2 aliphatic rings. The van der Waals surface area contributed by atoms with Crippen molar-refractivity contribution in [1.82, 2.24) is 10.2 Å². The zero-order valence-corrected chi connectivity index (χ0v) is 11.6. The summed E-state index contributed by atoms with van der Waals surface area (Å²) in [4.78, 5) is 2.66. The number of hydrogen-bond acceptors (Lipinski definition) is 3. The molecule has 0 aromatic rings. The van der Waals surface area contributed by atoms with Gasteiger partial charge in [-0.2, -0.15) is 0 Å². The molecule has 3 nitrogen and oxygen atoms in total. The summed E-state index contributed by atoms with van der Waals surface area (Å²) in [5, 5.41) is 3.42. The van der Waals surface area contributed by atoms with Crippen molar-refractivity contribution in [3.8, 4) is 0 Å². The first-order chi connectivity index (χ1) is 6.90. The van der Waals surface area contributed by atoms with Crippen LogP contribution in [0.2, 0.25) is 0 Å². The molecule has 98 valence electrons. The van der Waals surface area contributed by atoms with Crippen molar-refractivity contribution in [2.45, 2.75) is 37.8 Å². The van der Waals surface area contributed by atoms with Crippen LogP contribution in [0.15, 0.2) is 0 Å². The molecule has 0 atom stereocenters. The molecule has 0 aliphatic carbocycles. The summed E-state index contributed by atoms with van der Waals surface area (Å²) in [6, 6.07) is 0.842. The van der Waals surface area contributed by atoms with Gasteiger partial charge >= 0.3 is 0 Å². The minimum atomic E-state index is 0. The van der Waals surface area contributed by atoms with Crippen molar-refractivity contribution in [3.63, 3.8) is 0 Å². The van der Waals surface area contributed by atoms with Gasteiger partial charge in [-0.15, -0.1) is 24.8 Å². The van der Waals surface area contributed by atoms with E-state index in [-0.39, 0.29) is 24.8 Å². The largest absolute Gasteiger partial charge is 0.381 e. The van der Waals surface area contributed by atoms with Gasteiger partial charge in [-0.1, -0.05) is 0 Å². The van der Waals surface area contributed by atoms with Crippen molar-refractivity contribution in [3.05, 3.63) is 0 Å². The fourth-order valence-corrected chi connectivity index (χ4v) is 2.65. The summed E-state index contributed by atoms with van der Waals surface area (Å²) < 4.78 is 5.39. The van der Waals surface area contributed by atoms with Gasteiger partial charge in [0.05, 0.1) is 6.10 Å². The van der Waals surface area contributed by atoms with E-state index in [4.69, 9.17) is 4.74 Å². The molecule has 0 aromatic heterocycles. The van der Waals surface area contributed by atoms with Gasteiger partial charge in [-0.05, 0) is 38.8 Å². The van der Waals surface area contributed by atoms with Crippen molar-refractivity contribution >= 4 is 24.8 Å². The Bertz CT molecular complexity index is 169. The predicted octanol–water partition coefficient (Wildman–Crippen LogP) is 1.69. The van der Waals surface area contributed by atoms with E-state index < -0.39 is 0 Å². The van der Waals surface area contributed by atoms with Crippen molar-refractivity contribution < 1.29 is 4.74 Å². The zero-order chi connectivity index (χ0) is 9.80. The zero-order valence-electron chi connectivity index (χ0n) is 9.98. The molecule has 2 heterocycles. The fourth-order valence-electron chi connectivity index (χ4n) is 2.65. The van der Waals surface area contributed by atoms with Gasteiger partial charge < -0.3 is 15.0 Å². The molecule has 0 spiro atoms. The summed E-state index contributed by atoms with van der Waals surface area (Å²) in [7, 11) is 1.84. The molecule has 16 heavy (non-hydrogen) atoms. The number of hydrogen-bond donors (Lipinski definition) is 1. The van der Waals surface area contributed by atoms with Gasteiger partial charge in [0.2, 0.25) is 0 Å². The first-order valence-electron chi connectivity index (χ1n) is 5.87. The molecule has 2 saturated heterocycles. The Hall–Kier alpha value is 0.460. The second kappa shape index (κ2) is 8.54. The van der Waals surface area contributed by atoms with Gasteiger partial charge in [0, 0.05) is 26.2 Å².